The van der Waals surface area contributed by atoms with Crippen molar-refractivity contribution < 1.29 is 9.84 Å². The van der Waals surface area contributed by atoms with Gasteiger partial charge < -0.3 is 15.2 Å². The van der Waals surface area contributed by atoms with Crippen LogP contribution in [0.5, 0.6) is 0 Å². The van der Waals surface area contributed by atoms with Crippen LogP contribution >= 0.6 is 0 Å². The summed E-state index contributed by atoms with van der Waals surface area (Å²) in [6, 6.07) is 0.550. The third-order valence-electron chi connectivity index (χ3n) is 3.73. The van der Waals surface area contributed by atoms with Crippen molar-refractivity contribution in [2.45, 2.75) is 43.9 Å². The largest absolute Gasteiger partial charge is 0.390 e. The molecule has 2 aliphatic rings. The highest BCUT2D eigenvalue weighted by molar-refractivity contribution is 4.88. The highest BCUT2D eigenvalue weighted by atomic mass is 16.5. The molecule has 3 unspecified atom stereocenters. The molecule has 2 N–H and O–H groups in total. The summed E-state index contributed by atoms with van der Waals surface area (Å²) < 4.78 is 5.81. The number of morpholine rings is 1. The van der Waals surface area contributed by atoms with Gasteiger partial charge in [0.2, 0.25) is 0 Å². The van der Waals surface area contributed by atoms with Crippen LogP contribution in [-0.2, 0) is 4.74 Å². The highest BCUT2D eigenvalue weighted by Gasteiger charge is 2.34. The second-order valence-corrected chi connectivity index (χ2v) is 4.97. The fourth-order valence-corrected chi connectivity index (χ4v) is 2.97. The number of likely N-dealkylation sites (N-methyl/N-ethyl adjacent to an activating group) is 1. The van der Waals surface area contributed by atoms with Gasteiger partial charge >= 0.3 is 0 Å². The van der Waals surface area contributed by atoms with Crippen LogP contribution < -0.4 is 5.32 Å². The van der Waals surface area contributed by atoms with Gasteiger partial charge in [-0.2, -0.15) is 0 Å². The normalized spacial score (nSPS) is 33.4. The number of fused-ring (bicyclic) bond motifs is 1. The molecule has 0 bridgehead atoms. The molecule has 3 atom stereocenters. The zero-order valence-corrected chi connectivity index (χ0v) is 10.2. The summed E-state index contributed by atoms with van der Waals surface area (Å²) in [6.45, 7) is 3.26. The van der Waals surface area contributed by atoms with Crippen LogP contribution in [0, 0.1) is 0 Å². The van der Waals surface area contributed by atoms with Crippen molar-refractivity contribution in [2.24, 2.45) is 0 Å². The van der Waals surface area contributed by atoms with Gasteiger partial charge in [0, 0.05) is 25.7 Å². The molecule has 0 aromatic carbocycles. The van der Waals surface area contributed by atoms with Crippen LogP contribution in [-0.4, -0.2) is 61.5 Å². The van der Waals surface area contributed by atoms with Crippen LogP contribution in [0.4, 0.5) is 0 Å². The van der Waals surface area contributed by atoms with E-state index in [9.17, 15) is 5.11 Å². The molecule has 1 aliphatic heterocycles. The first kappa shape index (κ1) is 12.3. The molecule has 0 spiro atoms. The van der Waals surface area contributed by atoms with Crippen molar-refractivity contribution in [2.75, 3.05) is 33.3 Å². The summed E-state index contributed by atoms with van der Waals surface area (Å²) in [7, 11) is 1.88. The monoisotopic (exact) mass is 228 g/mol. The highest BCUT2D eigenvalue weighted by Crippen LogP contribution is 2.28. The second-order valence-electron chi connectivity index (χ2n) is 4.97. The van der Waals surface area contributed by atoms with Gasteiger partial charge in [-0.05, 0) is 19.9 Å². The van der Waals surface area contributed by atoms with Crippen LogP contribution in [0.2, 0.25) is 0 Å². The molecule has 0 radical (unpaired) electrons. The molecular formula is C12H24N2O2. The Morgan fingerprint density at radius 2 is 2.25 bits per heavy atom. The fraction of sp³-hybridized carbons (Fsp3) is 1.00. The molecule has 1 heterocycles. The number of nitrogens with zero attached hydrogens (tertiary/aromatic N) is 1. The molecule has 2 rings (SSSR count). The maximum atomic E-state index is 9.85. The summed E-state index contributed by atoms with van der Waals surface area (Å²) in [5.41, 5.74) is 0. The number of ether oxygens (including phenoxy) is 1. The molecule has 4 nitrogen and oxygen atoms in total. The quantitative estimate of drug-likeness (QED) is 0.722. The maximum Gasteiger partial charge on any atom is 0.0791 e. The van der Waals surface area contributed by atoms with Crippen LogP contribution in [0.15, 0.2) is 0 Å². The average Bonchev–Trinajstić information content (AvgIpc) is 2.30. The predicted molar refractivity (Wildman–Crippen MR) is 63.5 cm³/mol. The first-order chi connectivity index (χ1) is 7.81. The molecule has 94 valence electrons. The van der Waals surface area contributed by atoms with Crippen LogP contribution in [0.1, 0.15) is 25.7 Å². The smallest absolute Gasteiger partial charge is 0.0791 e. The summed E-state index contributed by atoms with van der Waals surface area (Å²) in [6.07, 6.45) is 5.20. The standard InChI is InChI=1S/C12H24N2O2/c1-13-8-10(15)9-14-6-7-16-12-5-3-2-4-11(12)14/h10-13,15H,2-9H2,1H3. The average molecular weight is 228 g/mol. The lowest BCUT2D eigenvalue weighted by Crippen LogP contribution is -2.55. The van der Waals surface area contributed by atoms with Crippen molar-refractivity contribution in [3.63, 3.8) is 0 Å². The summed E-state index contributed by atoms with van der Waals surface area (Å²) in [5.74, 6) is 0. The minimum atomic E-state index is -0.259. The Labute approximate surface area is 98.0 Å². The molecule has 1 saturated carbocycles. The first-order valence-corrected chi connectivity index (χ1v) is 6.49. The summed E-state index contributed by atoms with van der Waals surface area (Å²) in [4.78, 5) is 2.43. The number of nitrogens with one attached hydrogen (secondary N) is 1. The Balaban J connectivity index is 1.87. The number of hydrogen-bond donors (Lipinski definition) is 2. The SMILES string of the molecule is CNCC(O)CN1CCOC2CCCCC21. The van der Waals surface area contributed by atoms with E-state index in [1.807, 2.05) is 7.05 Å². The van der Waals surface area contributed by atoms with E-state index in [4.69, 9.17) is 4.74 Å². The fourth-order valence-electron chi connectivity index (χ4n) is 2.97. The minimum absolute atomic E-state index is 0.259. The molecule has 16 heavy (non-hydrogen) atoms. The summed E-state index contributed by atoms with van der Waals surface area (Å²) in [5, 5.41) is 12.9. The van der Waals surface area contributed by atoms with Gasteiger partial charge in [-0.3, -0.25) is 4.90 Å². The van der Waals surface area contributed by atoms with Gasteiger partial charge in [-0.1, -0.05) is 12.8 Å². The number of aliphatic hydroxyl groups excluding tert-OH is 1. The molecule has 0 amide bonds. The number of aliphatic hydroxyl groups is 1. The van der Waals surface area contributed by atoms with E-state index in [1.165, 1.54) is 25.7 Å². The van der Waals surface area contributed by atoms with E-state index in [2.05, 4.69) is 10.2 Å². The zero-order chi connectivity index (χ0) is 11.4. The molecule has 4 heteroatoms. The van der Waals surface area contributed by atoms with Crippen LogP contribution in [0.25, 0.3) is 0 Å². The van der Waals surface area contributed by atoms with Gasteiger partial charge in [0.25, 0.3) is 0 Å². The minimum Gasteiger partial charge on any atom is -0.390 e. The van der Waals surface area contributed by atoms with E-state index >= 15 is 0 Å². The van der Waals surface area contributed by atoms with Gasteiger partial charge in [-0.15, -0.1) is 0 Å². The first-order valence-electron chi connectivity index (χ1n) is 6.49. The molecule has 0 aromatic heterocycles. The van der Waals surface area contributed by atoms with E-state index < -0.39 is 0 Å². The summed E-state index contributed by atoms with van der Waals surface area (Å²) >= 11 is 0. The molecular weight excluding hydrogens is 204 g/mol. The molecule has 0 aromatic rings. The Kier molecular flexibility index (Phi) is 4.58. The number of rotatable bonds is 4. The van der Waals surface area contributed by atoms with E-state index in [0.717, 1.165) is 19.7 Å². The number of hydrogen-bond acceptors (Lipinski definition) is 4. The lowest BCUT2D eigenvalue weighted by molar-refractivity contribution is -0.0968. The second kappa shape index (κ2) is 5.96. The van der Waals surface area contributed by atoms with E-state index in [0.29, 0.717) is 18.7 Å². The van der Waals surface area contributed by atoms with Gasteiger partial charge in [0.05, 0.1) is 18.8 Å². The van der Waals surface area contributed by atoms with Crippen molar-refractivity contribution in [1.29, 1.82) is 0 Å². The molecule has 1 aliphatic carbocycles. The lowest BCUT2D eigenvalue weighted by atomic mass is 9.90. The Morgan fingerprint density at radius 3 is 3.06 bits per heavy atom. The molecule has 1 saturated heterocycles. The van der Waals surface area contributed by atoms with Gasteiger partial charge in [0.15, 0.2) is 0 Å². The third-order valence-corrected chi connectivity index (χ3v) is 3.73. The van der Waals surface area contributed by atoms with Crippen molar-refractivity contribution in [1.82, 2.24) is 10.2 Å². The van der Waals surface area contributed by atoms with Gasteiger partial charge in [-0.25, -0.2) is 0 Å². The Hall–Kier alpha value is -0.160. The van der Waals surface area contributed by atoms with Crippen LogP contribution in [0.3, 0.4) is 0 Å². The maximum absolute atomic E-state index is 9.85. The van der Waals surface area contributed by atoms with Gasteiger partial charge in [0.1, 0.15) is 0 Å². The topological polar surface area (TPSA) is 44.7 Å². The number of β-amino-alcohol motifs (C(OH)–C–C–N with tert-alkyl or cyclic N) is 1. The third kappa shape index (κ3) is 2.94. The lowest BCUT2D eigenvalue weighted by Gasteiger charge is -2.44. The van der Waals surface area contributed by atoms with E-state index in [-0.39, 0.29) is 6.10 Å². The van der Waals surface area contributed by atoms with Crippen molar-refractivity contribution in [3.8, 4) is 0 Å². The predicted octanol–water partition coefficient (Wildman–Crippen LogP) is 0.210. The zero-order valence-electron chi connectivity index (χ0n) is 10.2. The Bertz CT molecular complexity index is 211. The molecule has 2 fully saturated rings. The van der Waals surface area contributed by atoms with Crippen molar-refractivity contribution >= 4 is 0 Å². The Morgan fingerprint density at radius 1 is 1.44 bits per heavy atom. The van der Waals surface area contributed by atoms with Crippen molar-refractivity contribution in [3.05, 3.63) is 0 Å². The van der Waals surface area contributed by atoms with E-state index in [1.54, 1.807) is 0 Å².